The lowest BCUT2D eigenvalue weighted by molar-refractivity contribution is 0.281. The number of anilines is 2. The molecule has 3 heterocycles. The van der Waals surface area contributed by atoms with E-state index in [0.29, 0.717) is 0 Å². The second kappa shape index (κ2) is 6.10. The van der Waals surface area contributed by atoms with Crippen molar-refractivity contribution in [1.29, 1.82) is 0 Å². The predicted molar refractivity (Wildman–Crippen MR) is 83.6 cm³/mol. The molecule has 2 aromatic rings. The van der Waals surface area contributed by atoms with E-state index in [1.807, 2.05) is 31.3 Å². The van der Waals surface area contributed by atoms with Crippen LogP contribution in [0.15, 0.2) is 36.7 Å². The zero-order valence-electron chi connectivity index (χ0n) is 12.2. The highest BCUT2D eigenvalue weighted by Gasteiger charge is 2.20. The van der Waals surface area contributed by atoms with Gasteiger partial charge < -0.3 is 14.9 Å². The van der Waals surface area contributed by atoms with Crippen LogP contribution in [0.5, 0.6) is 0 Å². The quantitative estimate of drug-likeness (QED) is 0.928. The fourth-order valence-corrected chi connectivity index (χ4v) is 2.73. The van der Waals surface area contributed by atoms with Crippen LogP contribution in [0.4, 0.5) is 11.6 Å². The summed E-state index contributed by atoms with van der Waals surface area (Å²) >= 11 is 0. The van der Waals surface area contributed by atoms with Gasteiger partial charge >= 0.3 is 0 Å². The summed E-state index contributed by atoms with van der Waals surface area (Å²) in [6, 6.07) is 8.02. The molecule has 110 valence electrons. The average Bonchev–Trinajstić information content (AvgIpc) is 2.56. The summed E-state index contributed by atoms with van der Waals surface area (Å²) in [6.45, 7) is 5.85. The zero-order chi connectivity index (χ0) is 14.7. The third-order valence-electron chi connectivity index (χ3n) is 3.84. The molecule has 21 heavy (non-hydrogen) atoms. The van der Waals surface area contributed by atoms with E-state index >= 15 is 0 Å². The molecule has 1 aliphatic heterocycles. The van der Waals surface area contributed by atoms with E-state index in [4.69, 9.17) is 5.11 Å². The number of aliphatic hydroxyl groups is 1. The van der Waals surface area contributed by atoms with Gasteiger partial charge in [-0.1, -0.05) is 6.07 Å². The molecule has 0 radical (unpaired) electrons. The average molecular weight is 284 g/mol. The van der Waals surface area contributed by atoms with Gasteiger partial charge in [0.05, 0.1) is 6.61 Å². The first-order valence-corrected chi connectivity index (χ1v) is 7.25. The molecule has 0 aromatic carbocycles. The second-order valence-electron chi connectivity index (χ2n) is 5.30. The van der Waals surface area contributed by atoms with Crippen LogP contribution in [-0.4, -0.2) is 41.3 Å². The van der Waals surface area contributed by atoms with Crippen molar-refractivity contribution >= 4 is 11.6 Å². The number of nitrogens with zero attached hydrogens (tertiary/aromatic N) is 4. The molecule has 1 N–H and O–H groups in total. The minimum absolute atomic E-state index is 0.0432. The molecular weight excluding hydrogens is 264 g/mol. The molecule has 3 rings (SSSR count). The van der Waals surface area contributed by atoms with Crippen molar-refractivity contribution in [2.75, 3.05) is 36.0 Å². The van der Waals surface area contributed by atoms with E-state index in [2.05, 4.69) is 25.8 Å². The molecule has 0 amide bonds. The van der Waals surface area contributed by atoms with E-state index in [1.165, 1.54) is 0 Å². The van der Waals surface area contributed by atoms with Crippen LogP contribution < -0.4 is 9.80 Å². The fourth-order valence-electron chi connectivity index (χ4n) is 2.73. The van der Waals surface area contributed by atoms with E-state index in [0.717, 1.165) is 48.9 Å². The van der Waals surface area contributed by atoms with Gasteiger partial charge in [-0.3, -0.25) is 0 Å². The summed E-state index contributed by atoms with van der Waals surface area (Å²) in [4.78, 5) is 13.5. The Kier molecular flexibility index (Phi) is 4.01. The van der Waals surface area contributed by atoms with Crippen molar-refractivity contribution in [2.45, 2.75) is 13.5 Å². The minimum Gasteiger partial charge on any atom is -0.392 e. The highest BCUT2D eigenvalue weighted by Crippen LogP contribution is 2.21. The van der Waals surface area contributed by atoms with Gasteiger partial charge in [-0.15, -0.1) is 0 Å². The van der Waals surface area contributed by atoms with Gasteiger partial charge in [-0.2, -0.15) is 0 Å². The zero-order valence-corrected chi connectivity index (χ0v) is 12.2. The Morgan fingerprint density at radius 1 is 1.10 bits per heavy atom. The summed E-state index contributed by atoms with van der Waals surface area (Å²) in [5.74, 6) is 2.06. The smallest absolute Gasteiger partial charge is 0.131 e. The number of rotatable bonds is 3. The van der Waals surface area contributed by atoms with Crippen molar-refractivity contribution in [3.63, 3.8) is 0 Å². The Balaban J connectivity index is 1.68. The van der Waals surface area contributed by atoms with Crippen molar-refractivity contribution in [1.82, 2.24) is 9.97 Å². The summed E-state index contributed by atoms with van der Waals surface area (Å²) < 4.78 is 0. The van der Waals surface area contributed by atoms with Crippen LogP contribution in [0, 0.1) is 6.92 Å². The lowest BCUT2D eigenvalue weighted by Gasteiger charge is -2.36. The maximum Gasteiger partial charge on any atom is 0.131 e. The van der Waals surface area contributed by atoms with E-state index in [9.17, 15) is 0 Å². The van der Waals surface area contributed by atoms with Crippen molar-refractivity contribution in [2.24, 2.45) is 0 Å². The Morgan fingerprint density at radius 3 is 2.48 bits per heavy atom. The Labute approximate surface area is 124 Å². The minimum atomic E-state index is 0.0432. The molecule has 1 saturated heterocycles. The van der Waals surface area contributed by atoms with Crippen LogP contribution in [-0.2, 0) is 6.61 Å². The Hall–Kier alpha value is -2.14. The van der Waals surface area contributed by atoms with E-state index in [-0.39, 0.29) is 6.61 Å². The van der Waals surface area contributed by atoms with Crippen LogP contribution in [0.1, 0.15) is 11.1 Å². The number of hydrogen-bond acceptors (Lipinski definition) is 5. The molecule has 0 saturated carbocycles. The summed E-state index contributed by atoms with van der Waals surface area (Å²) in [6.07, 6.45) is 3.59. The third-order valence-corrected chi connectivity index (χ3v) is 3.84. The molecule has 1 fully saturated rings. The van der Waals surface area contributed by atoms with Gasteiger partial charge in [0, 0.05) is 38.6 Å². The maximum absolute atomic E-state index is 9.16. The maximum atomic E-state index is 9.16. The first kappa shape index (κ1) is 13.8. The third kappa shape index (κ3) is 2.97. The molecule has 0 unspecified atom stereocenters. The van der Waals surface area contributed by atoms with E-state index in [1.54, 1.807) is 6.20 Å². The molecule has 1 aliphatic rings. The second-order valence-corrected chi connectivity index (χ2v) is 5.30. The fraction of sp³-hybridized carbons (Fsp3) is 0.375. The Bertz CT molecular complexity index is 594. The van der Waals surface area contributed by atoms with Gasteiger partial charge in [0.2, 0.25) is 0 Å². The van der Waals surface area contributed by atoms with Crippen molar-refractivity contribution in [3.05, 3.63) is 47.8 Å². The standard InChI is InChI=1S/C16H20N4O/c1-13-10-14(12-21)11-18-16(13)20-8-6-19(7-9-20)15-4-2-3-5-17-15/h2-5,10-11,21H,6-9,12H2,1H3. The Morgan fingerprint density at radius 2 is 1.86 bits per heavy atom. The molecule has 5 nitrogen and oxygen atoms in total. The van der Waals surface area contributed by atoms with Crippen LogP contribution in [0.3, 0.4) is 0 Å². The number of pyridine rings is 2. The molecule has 0 atom stereocenters. The monoisotopic (exact) mass is 284 g/mol. The molecule has 2 aromatic heterocycles. The van der Waals surface area contributed by atoms with Crippen molar-refractivity contribution in [3.8, 4) is 0 Å². The first-order chi connectivity index (χ1) is 10.3. The van der Waals surface area contributed by atoms with Gasteiger partial charge in [-0.05, 0) is 36.2 Å². The molecule has 5 heteroatoms. The molecule has 0 bridgehead atoms. The van der Waals surface area contributed by atoms with Gasteiger partial charge in [0.1, 0.15) is 11.6 Å². The number of aliphatic hydroxyl groups excluding tert-OH is 1. The van der Waals surface area contributed by atoms with Crippen molar-refractivity contribution < 1.29 is 5.11 Å². The van der Waals surface area contributed by atoms with Gasteiger partial charge in [0.15, 0.2) is 0 Å². The van der Waals surface area contributed by atoms with Gasteiger partial charge in [0.25, 0.3) is 0 Å². The normalized spacial score (nSPS) is 15.3. The number of hydrogen-bond donors (Lipinski definition) is 1. The van der Waals surface area contributed by atoms with E-state index < -0.39 is 0 Å². The lowest BCUT2D eigenvalue weighted by atomic mass is 10.2. The molecule has 0 spiro atoms. The number of piperazine rings is 1. The summed E-state index contributed by atoms with van der Waals surface area (Å²) in [5.41, 5.74) is 1.98. The summed E-state index contributed by atoms with van der Waals surface area (Å²) in [7, 11) is 0. The lowest BCUT2D eigenvalue weighted by Crippen LogP contribution is -2.47. The van der Waals surface area contributed by atoms with Crippen LogP contribution in [0.2, 0.25) is 0 Å². The van der Waals surface area contributed by atoms with Gasteiger partial charge in [-0.25, -0.2) is 9.97 Å². The highest BCUT2D eigenvalue weighted by atomic mass is 16.3. The molecule has 0 aliphatic carbocycles. The number of aryl methyl sites for hydroxylation is 1. The highest BCUT2D eigenvalue weighted by molar-refractivity contribution is 5.50. The largest absolute Gasteiger partial charge is 0.392 e. The van der Waals surface area contributed by atoms with Crippen LogP contribution >= 0.6 is 0 Å². The SMILES string of the molecule is Cc1cc(CO)cnc1N1CCN(c2ccccn2)CC1. The predicted octanol–water partition coefficient (Wildman–Crippen LogP) is 1.60. The van der Waals surface area contributed by atoms with Crippen LogP contribution in [0.25, 0.3) is 0 Å². The molecular formula is C16H20N4O. The number of aromatic nitrogens is 2. The first-order valence-electron chi connectivity index (χ1n) is 7.25. The topological polar surface area (TPSA) is 52.5 Å². The summed E-state index contributed by atoms with van der Waals surface area (Å²) in [5, 5.41) is 9.16.